The van der Waals surface area contributed by atoms with Crippen LogP contribution >= 0.6 is 0 Å². The van der Waals surface area contributed by atoms with Gasteiger partial charge in [-0.15, -0.1) is 0 Å². The molecule has 1 aromatic heterocycles. The lowest BCUT2D eigenvalue weighted by Crippen LogP contribution is -2.45. The van der Waals surface area contributed by atoms with Crippen molar-refractivity contribution in [1.82, 2.24) is 14.8 Å². The van der Waals surface area contributed by atoms with Gasteiger partial charge in [0.15, 0.2) is 0 Å². The van der Waals surface area contributed by atoms with E-state index in [9.17, 15) is 0 Å². The first-order valence-corrected chi connectivity index (χ1v) is 8.31. The molecule has 2 fully saturated rings. The van der Waals surface area contributed by atoms with Crippen LogP contribution in [-0.4, -0.2) is 60.6 Å². The summed E-state index contributed by atoms with van der Waals surface area (Å²) in [6.45, 7) is 10.3. The molecule has 116 valence electrons. The van der Waals surface area contributed by atoms with Gasteiger partial charge < -0.3 is 9.80 Å². The molecule has 21 heavy (non-hydrogen) atoms. The van der Waals surface area contributed by atoms with E-state index in [0.29, 0.717) is 12.1 Å². The van der Waals surface area contributed by atoms with E-state index >= 15 is 0 Å². The van der Waals surface area contributed by atoms with E-state index in [4.69, 9.17) is 4.98 Å². The van der Waals surface area contributed by atoms with Gasteiger partial charge in [0.2, 0.25) is 0 Å². The Morgan fingerprint density at radius 3 is 2.62 bits per heavy atom. The highest BCUT2D eigenvalue weighted by Crippen LogP contribution is 2.37. The van der Waals surface area contributed by atoms with E-state index in [-0.39, 0.29) is 0 Å². The zero-order valence-corrected chi connectivity index (χ0v) is 13.6. The maximum absolute atomic E-state index is 4.75. The van der Waals surface area contributed by atoms with Crippen LogP contribution in [0.5, 0.6) is 0 Å². The first kappa shape index (κ1) is 14.8. The Hall–Kier alpha value is -1.13. The maximum Gasteiger partial charge on any atom is 0.133 e. The van der Waals surface area contributed by atoms with Crippen LogP contribution in [0.25, 0.3) is 0 Å². The van der Waals surface area contributed by atoms with Gasteiger partial charge in [0.1, 0.15) is 5.82 Å². The molecule has 2 saturated heterocycles. The van der Waals surface area contributed by atoms with Gasteiger partial charge in [-0.1, -0.05) is 6.07 Å². The summed E-state index contributed by atoms with van der Waals surface area (Å²) >= 11 is 0. The van der Waals surface area contributed by atoms with Crippen LogP contribution in [-0.2, 0) is 0 Å². The van der Waals surface area contributed by atoms with Crippen molar-refractivity contribution in [3.05, 3.63) is 23.9 Å². The van der Waals surface area contributed by atoms with Crippen molar-refractivity contribution < 1.29 is 0 Å². The quantitative estimate of drug-likeness (QED) is 0.851. The summed E-state index contributed by atoms with van der Waals surface area (Å²) in [6, 6.07) is 5.56. The van der Waals surface area contributed by atoms with E-state index in [2.05, 4.69) is 47.7 Å². The number of hydrogen-bond acceptors (Lipinski definition) is 4. The van der Waals surface area contributed by atoms with E-state index in [1.807, 2.05) is 6.20 Å². The molecular formula is C17H28N4. The van der Waals surface area contributed by atoms with E-state index in [0.717, 1.165) is 26.2 Å². The first-order chi connectivity index (χ1) is 10.2. The summed E-state index contributed by atoms with van der Waals surface area (Å²) in [5, 5.41) is 0. The minimum absolute atomic E-state index is 0.549. The fourth-order valence-electron chi connectivity index (χ4n) is 3.69. The SMILES string of the molecule is CC(C)N1CCC[C@H]1c1cccnc1N1CCN(C)CC1. The van der Waals surface area contributed by atoms with Crippen LogP contribution in [0.2, 0.25) is 0 Å². The largest absolute Gasteiger partial charge is 0.354 e. The molecule has 4 heteroatoms. The summed E-state index contributed by atoms with van der Waals surface area (Å²) in [7, 11) is 2.20. The van der Waals surface area contributed by atoms with Crippen LogP contribution in [0.15, 0.2) is 18.3 Å². The lowest BCUT2D eigenvalue weighted by Gasteiger charge is -2.36. The highest BCUT2D eigenvalue weighted by Gasteiger charge is 2.31. The Kier molecular flexibility index (Phi) is 4.45. The Morgan fingerprint density at radius 2 is 1.90 bits per heavy atom. The molecule has 0 amide bonds. The predicted molar refractivity (Wildman–Crippen MR) is 87.8 cm³/mol. The van der Waals surface area contributed by atoms with Gasteiger partial charge in [-0.05, 0) is 46.3 Å². The minimum atomic E-state index is 0.549. The van der Waals surface area contributed by atoms with Crippen LogP contribution in [0.4, 0.5) is 5.82 Å². The average Bonchev–Trinajstić information content (AvgIpc) is 2.98. The van der Waals surface area contributed by atoms with Gasteiger partial charge in [0.05, 0.1) is 0 Å². The minimum Gasteiger partial charge on any atom is -0.354 e. The molecule has 1 atom stereocenters. The standard InChI is InChI=1S/C17H28N4/c1-14(2)21-9-5-7-16(21)15-6-4-8-18-17(15)20-12-10-19(3)11-13-20/h4,6,8,14,16H,5,7,9-13H2,1-3H3/t16-/m0/s1. The lowest BCUT2D eigenvalue weighted by atomic mass is 10.0. The van der Waals surface area contributed by atoms with E-state index < -0.39 is 0 Å². The highest BCUT2D eigenvalue weighted by molar-refractivity contribution is 5.49. The second kappa shape index (κ2) is 6.32. The summed E-state index contributed by atoms with van der Waals surface area (Å²) in [5.74, 6) is 1.23. The number of piperazine rings is 1. The summed E-state index contributed by atoms with van der Waals surface area (Å²) in [4.78, 5) is 12.3. The molecule has 4 nitrogen and oxygen atoms in total. The molecule has 2 aliphatic heterocycles. The summed E-state index contributed by atoms with van der Waals surface area (Å²) < 4.78 is 0. The number of aromatic nitrogens is 1. The Labute approximate surface area is 128 Å². The molecule has 3 heterocycles. The monoisotopic (exact) mass is 288 g/mol. The Balaban J connectivity index is 1.85. The highest BCUT2D eigenvalue weighted by atomic mass is 15.3. The van der Waals surface area contributed by atoms with Crippen LogP contribution < -0.4 is 4.90 Å². The molecule has 1 aromatic rings. The molecule has 0 spiro atoms. The number of likely N-dealkylation sites (N-methyl/N-ethyl adjacent to an activating group) is 1. The van der Waals surface area contributed by atoms with Crippen LogP contribution in [0.3, 0.4) is 0 Å². The van der Waals surface area contributed by atoms with Crippen molar-refractivity contribution in [2.24, 2.45) is 0 Å². The second-order valence-corrected chi connectivity index (χ2v) is 6.70. The number of nitrogens with zero attached hydrogens (tertiary/aromatic N) is 4. The number of anilines is 1. The summed E-state index contributed by atoms with van der Waals surface area (Å²) in [6.07, 6.45) is 4.52. The van der Waals surface area contributed by atoms with Crippen molar-refractivity contribution >= 4 is 5.82 Å². The van der Waals surface area contributed by atoms with Gasteiger partial charge in [-0.3, -0.25) is 4.90 Å². The zero-order chi connectivity index (χ0) is 14.8. The molecule has 0 saturated carbocycles. The molecule has 0 unspecified atom stereocenters. The molecule has 3 rings (SSSR count). The third-order valence-electron chi connectivity index (χ3n) is 4.94. The fourth-order valence-corrected chi connectivity index (χ4v) is 3.69. The van der Waals surface area contributed by atoms with Gasteiger partial charge in [-0.25, -0.2) is 4.98 Å². The van der Waals surface area contributed by atoms with Gasteiger partial charge in [0, 0.05) is 50.0 Å². The fraction of sp³-hybridized carbons (Fsp3) is 0.706. The normalized spacial score (nSPS) is 25.0. The predicted octanol–water partition coefficient (Wildman–Crippen LogP) is 2.38. The lowest BCUT2D eigenvalue weighted by molar-refractivity contribution is 0.205. The van der Waals surface area contributed by atoms with Gasteiger partial charge in [-0.2, -0.15) is 0 Å². The number of hydrogen-bond donors (Lipinski definition) is 0. The molecule has 0 aromatic carbocycles. The van der Waals surface area contributed by atoms with E-state index in [1.54, 1.807) is 0 Å². The molecular weight excluding hydrogens is 260 g/mol. The first-order valence-electron chi connectivity index (χ1n) is 8.31. The topological polar surface area (TPSA) is 22.6 Å². The number of pyridine rings is 1. The Bertz CT molecular complexity index is 466. The smallest absolute Gasteiger partial charge is 0.133 e. The summed E-state index contributed by atoms with van der Waals surface area (Å²) in [5.41, 5.74) is 1.44. The molecule has 0 N–H and O–H groups in total. The van der Waals surface area contributed by atoms with Gasteiger partial charge >= 0.3 is 0 Å². The van der Waals surface area contributed by atoms with Crippen molar-refractivity contribution in [2.45, 2.75) is 38.8 Å². The number of likely N-dealkylation sites (tertiary alicyclic amines) is 1. The maximum atomic E-state index is 4.75. The van der Waals surface area contributed by atoms with Crippen molar-refractivity contribution in [3.63, 3.8) is 0 Å². The average molecular weight is 288 g/mol. The second-order valence-electron chi connectivity index (χ2n) is 6.70. The number of rotatable bonds is 3. The van der Waals surface area contributed by atoms with E-state index in [1.165, 1.54) is 30.8 Å². The van der Waals surface area contributed by atoms with Crippen molar-refractivity contribution in [2.75, 3.05) is 44.7 Å². The third-order valence-corrected chi connectivity index (χ3v) is 4.94. The zero-order valence-electron chi connectivity index (χ0n) is 13.6. The molecule has 2 aliphatic rings. The third kappa shape index (κ3) is 3.06. The van der Waals surface area contributed by atoms with Crippen LogP contribution in [0, 0.1) is 0 Å². The van der Waals surface area contributed by atoms with Gasteiger partial charge in [0.25, 0.3) is 0 Å². The molecule has 0 aliphatic carbocycles. The van der Waals surface area contributed by atoms with Crippen molar-refractivity contribution in [3.8, 4) is 0 Å². The Morgan fingerprint density at radius 1 is 1.14 bits per heavy atom. The molecule has 0 bridgehead atoms. The molecule has 0 radical (unpaired) electrons. The van der Waals surface area contributed by atoms with Crippen molar-refractivity contribution in [1.29, 1.82) is 0 Å². The van der Waals surface area contributed by atoms with Crippen LogP contribution in [0.1, 0.15) is 38.3 Å².